The summed E-state index contributed by atoms with van der Waals surface area (Å²) in [5.41, 5.74) is 0.783. The Bertz CT molecular complexity index is 652. The van der Waals surface area contributed by atoms with Gasteiger partial charge in [0.2, 0.25) is 0 Å². The van der Waals surface area contributed by atoms with Crippen LogP contribution in [0.4, 0.5) is 11.4 Å². The summed E-state index contributed by atoms with van der Waals surface area (Å²) in [5.74, 6) is 0.492. The molecular formula is C14H12N2O5. The van der Waals surface area contributed by atoms with Crippen molar-refractivity contribution in [3.05, 3.63) is 74.3 Å². The van der Waals surface area contributed by atoms with Crippen molar-refractivity contribution in [2.45, 2.75) is 13.0 Å². The SMILES string of the molecule is CC(Oc1ccc([N+](=O)[O-])cc1)c1ccc([N+](=O)[O-])cc1. The van der Waals surface area contributed by atoms with E-state index in [1.807, 2.05) is 0 Å². The van der Waals surface area contributed by atoms with Crippen LogP contribution in [0.3, 0.4) is 0 Å². The third kappa shape index (κ3) is 3.53. The zero-order chi connectivity index (χ0) is 15.4. The number of nitro benzene ring substituents is 2. The van der Waals surface area contributed by atoms with E-state index in [1.165, 1.54) is 36.4 Å². The van der Waals surface area contributed by atoms with Crippen molar-refractivity contribution in [3.8, 4) is 5.75 Å². The van der Waals surface area contributed by atoms with Crippen LogP contribution in [0.2, 0.25) is 0 Å². The van der Waals surface area contributed by atoms with E-state index in [0.29, 0.717) is 5.75 Å². The summed E-state index contributed by atoms with van der Waals surface area (Å²) >= 11 is 0. The second-order valence-corrected chi connectivity index (χ2v) is 4.36. The summed E-state index contributed by atoms with van der Waals surface area (Å²) in [6.07, 6.45) is -0.327. The van der Waals surface area contributed by atoms with Crippen LogP contribution in [0.25, 0.3) is 0 Å². The Hall–Kier alpha value is -2.96. The molecule has 7 nitrogen and oxygen atoms in total. The van der Waals surface area contributed by atoms with Gasteiger partial charge in [0, 0.05) is 24.3 Å². The topological polar surface area (TPSA) is 95.5 Å². The third-order valence-corrected chi connectivity index (χ3v) is 2.93. The van der Waals surface area contributed by atoms with Crippen LogP contribution in [-0.4, -0.2) is 9.85 Å². The van der Waals surface area contributed by atoms with E-state index in [9.17, 15) is 20.2 Å². The lowest BCUT2D eigenvalue weighted by Gasteiger charge is -2.14. The zero-order valence-electron chi connectivity index (χ0n) is 11.1. The molecule has 21 heavy (non-hydrogen) atoms. The first-order chi connectivity index (χ1) is 9.97. The maximum atomic E-state index is 10.6. The minimum atomic E-state index is -0.483. The van der Waals surface area contributed by atoms with Gasteiger partial charge in [0.1, 0.15) is 11.9 Å². The highest BCUT2D eigenvalue weighted by molar-refractivity contribution is 5.37. The van der Waals surface area contributed by atoms with E-state index in [2.05, 4.69) is 0 Å². The molecule has 0 saturated heterocycles. The van der Waals surface area contributed by atoms with Gasteiger partial charge in [-0.25, -0.2) is 0 Å². The highest BCUT2D eigenvalue weighted by atomic mass is 16.6. The number of ether oxygens (including phenoxy) is 1. The van der Waals surface area contributed by atoms with Crippen molar-refractivity contribution in [1.82, 2.24) is 0 Å². The largest absolute Gasteiger partial charge is 0.486 e. The minimum absolute atomic E-state index is 0.00895. The second-order valence-electron chi connectivity index (χ2n) is 4.36. The predicted molar refractivity (Wildman–Crippen MR) is 75.2 cm³/mol. The van der Waals surface area contributed by atoms with Gasteiger partial charge in [0.25, 0.3) is 11.4 Å². The minimum Gasteiger partial charge on any atom is -0.486 e. The molecule has 1 atom stereocenters. The summed E-state index contributed by atoms with van der Waals surface area (Å²) in [5, 5.41) is 21.1. The molecule has 0 fully saturated rings. The molecule has 108 valence electrons. The molecular weight excluding hydrogens is 276 g/mol. The molecule has 0 amide bonds. The van der Waals surface area contributed by atoms with Crippen LogP contribution in [0, 0.1) is 20.2 Å². The monoisotopic (exact) mass is 288 g/mol. The lowest BCUT2D eigenvalue weighted by molar-refractivity contribution is -0.385. The van der Waals surface area contributed by atoms with E-state index in [4.69, 9.17) is 4.74 Å². The van der Waals surface area contributed by atoms with E-state index >= 15 is 0 Å². The number of non-ortho nitro benzene ring substituents is 2. The van der Waals surface area contributed by atoms with E-state index in [-0.39, 0.29) is 17.5 Å². The second kappa shape index (κ2) is 6.00. The molecule has 0 N–H and O–H groups in total. The van der Waals surface area contributed by atoms with Crippen LogP contribution >= 0.6 is 0 Å². The summed E-state index contributed by atoms with van der Waals surface area (Å²) in [4.78, 5) is 20.2. The Kier molecular flexibility index (Phi) is 4.13. The first kappa shape index (κ1) is 14.4. The van der Waals surface area contributed by atoms with Crippen molar-refractivity contribution in [2.24, 2.45) is 0 Å². The number of hydrogen-bond donors (Lipinski definition) is 0. The molecule has 0 radical (unpaired) electrons. The summed E-state index contributed by atoms with van der Waals surface area (Å²) < 4.78 is 5.64. The Morgan fingerprint density at radius 2 is 1.29 bits per heavy atom. The van der Waals surface area contributed by atoms with Crippen LogP contribution in [-0.2, 0) is 0 Å². The molecule has 0 bridgehead atoms. The Morgan fingerprint density at radius 1 is 0.857 bits per heavy atom. The molecule has 0 aliphatic rings. The fourth-order valence-corrected chi connectivity index (χ4v) is 1.79. The number of rotatable bonds is 5. The average Bonchev–Trinajstić information content (AvgIpc) is 2.47. The van der Waals surface area contributed by atoms with Gasteiger partial charge in [-0.15, -0.1) is 0 Å². The first-order valence-corrected chi connectivity index (χ1v) is 6.13. The van der Waals surface area contributed by atoms with Crippen LogP contribution in [0.5, 0.6) is 5.75 Å². The fourth-order valence-electron chi connectivity index (χ4n) is 1.79. The Balaban J connectivity index is 2.08. The van der Waals surface area contributed by atoms with Gasteiger partial charge in [0.05, 0.1) is 9.85 Å². The van der Waals surface area contributed by atoms with E-state index in [1.54, 1.807) is 19.1 Å². The predicted octanol–water partition coefficient (Wildman–Crippen LogP) is 3.64. The van der Waals surface area contributed by atoms with Crippen LogP contribution < -0.4 is 4.74 Å². The number of benzene rings is 2. The fraction of sp³-hybridized carbons (Fsp3) is 0.143. The van der Waals surface area contributed by atoms with Gasteiger partial charge in [-0.05, 0) is 36.8 Å². The average molecular weight is 288 g/mol. The molecule has 2 aromatic carbocycles. The summed E-state index contributed by atoms with van der Waals surface area (Å²) in [7, 11) is 0. The maximum absolute atomic E-state index is 10.6. The van der Waals surface area contributed by atoms with Gasteiger partial charge >= 0.3 is 0 Å². The Labute approximate surface area is 120 Å². The van der Waals surface area contributed by atoms with Crippen molar-refractivity contribution in [3.63, 3.8) is 0 Å². The van der Waals surface area contributed by atoms with Crippen molar-refractivity contribution < 1.29 is 14.6 Å². The first-order valence-electron chi connectivity index (χ1n) is 6.13. The summed E-state index contributed by atoms with van der Waals surface area (Å²) in [6.45, 7) is 1.79. The van der Waals surface area contributed by atoms with E-state index in [0.717, 1.165) is 5.56 Å². The normalized spacial score (nSPS) is 11.7. The number of nitro groups is 2. The smallest absolute Gasteiger partial charge is 0.269 e. The quantitative estimate of drug-likeness (QED) is 0.618. The van der Waals surface area contributed by atoms with Gasteiger partial charge < -0.3 is 4.74 Å². The molecule has 0 aliphatic heterocycles. The van der Waals surface area contributed by atoms with Crippen molar-refractivity contribution in [2.75, 3.05) is 0 Å². The standard InChI is InChI=1S/C14H12N2O5/c1-10(11-2-4-12(5-3-11)15(17)18)21-14-8-6-13(7-9-14)16(19)20/h2-10H,1H3. The van der Waals surface area contributed by atoms with Gasteiger partial charge in [-0.1, -0.05) is 0 Å². The van der Waals surface area contributed by atoms with Crippen molar-refractivity contribution in [1.29, 1.82) is 0 Å². The molecule has 0 spiro atoms. The van der Waals surface area contributed by atoms with Gasteiger partial charge in [-0.3, -0.25) is 20.2 Å². The maximum Gasteiger partial charge on any atom is 0.269 e. The zero-order valence-corrected chi connectivity index (χ0v) is 11.1. The van der Waals surface area contributed by atoms with E-state index < -0.39 is 9.85 Å². The van der Waals surface area contributed by atoms with Crippen molar-refractivity contribution >= 4 is 11.4 Å². The molecule has 2 rings (SSSR count). The number of nitrogens with zero attached hydrogens (tertiary/aromatic N) is 2. The summed E-state index contributed by atoms with van der Waals surface area (Å²) in [6, 6.07) is 11.8. The highest BCUT2D eigenvalue weighted by Crippen LogP contribution is 2.25. The molecule has 7 heteroatoms. The molecule has 2 aromatic rings. The molecule has 0 saturated carbocycles. The lowest BCUT2D eigenvalue weighted by atomic mass is 10.1. The molecule has 1 unspecified atom stereocenters. The van der Waals surface area contributed by atoms with Gasteiger partial charge in [-0.2, -0.15) is 0 Å². The van der Waals surface area contributed by atoms with Gasteiger partial charge in [0.15, 0.2) is 0 Å². The molecule has 0 aliphatic carbocycles. The molecule has 0 heterocycles. The third-order valence-electron chi connectivity index (χ3n) is 2.93. The lowest BCUT2D eigenvalue weighted by Crippen LogP contribution is -2.03. The van der Waals surface area contributed by atoms with Crippen LogP contribution in [0.1, 0.15) is 18.6 Å². The Morgan fingerprint density at radius 3 is 1.71 bits per heavy atom. The van der Waals surface area contributed by atoms with Crippen LogP contribution in [0.15, 0.2) is 48.5 Å². The number of hydrogen-bond acceptors (Lipinski definition) is 5. The highest BCUT2D eigenvalue weighted by Gasteiger charge is 2.11. The molecule has 0 aromatic heterocycles.